The molecule has 1 amide bonds. The summed E-state index contributed by atoms with van der Waals surface area (Å²) >= 11 is 0. The molecule has 0 saturated heterocycles. The van der Waals surface area contributed by atoms with Crippen molar-refractivity contribution in [2.75, 3.05) is 0 Å². The van der Waals surface area contributed by atoms with E-state index in [9.17, 15) is 23.7 Å². The molecule has 2 aromatic rings. The average molecular weight is 296 g/mol. The Hall–Kier alpha value is -2.84. The summed E-state index contributed by atoms with van der Waals surface area (Å²) in [4.78, 5) is 28.1. The minimum atomic E-state index is -1.38. The van der Waals surface area contributed by atoms with E-state index >= 15 is 0 Å². The van der Waals surface area contributed by atoms with Crippen molar-refractivity contribution in [1.82, 2.24) is 15.3 Å². The van der Waals surface area contributed by atoms with Crippen molar-refractivity contribution < 1.29 is 18.5 Å². The maximum absolute atomic E-state index is 13.9. The van der Waals surface area contributed by atoms with Crippen LogP contribution in [0.3, 0.4) is 0 Å². The van der Waals surface area contributed by atoms with Crippen molar-refractivity contribution in [2.45, 2.75) is 13.0 Å². The standard InChI is InChI=1S/C12H10F2N4O3/c1-6(11-15-2-3-16-11)17-12(19)8-4-7(13)5-9(10(8)14)18(20)21/h2-6H,1H3,(H,15,16)(H,17,19). The van der Waals surface area contributed by atoms with Gasteiger partial charge in [-0.15, -0.1) is 0 Å². The van der Waals surface area contributed by atoms with Gasteiger partial charge in [-0.25, -0.2) is 9.37 Å². The number of aromatic amines is 1. The van der Waals surface area contributed by atoms with Gasteiger partial charge in [0.15, 0.2) is 0 Å². The number of hydrogen-bond donors (Lipinski definition) is 2. The van der Waals surface area contributed by atoms with Crippen LogP contribution in [0.15, 0.2) is 24.5 Å². The third-order valence-electron chi connectivity index (χ3n) is 2.74. The van der Waals surface area contributed by atoms with Gasteiger partial charge < -0.3 is 10.3 Å². The number of imidazole rings is 1. The molecule has 7 nitrogen and oxygen atoms in total. The van der Waals surface area contributed by atoms with E-state index < -0.39 is 39.8 Å². The summed E-state index contributed by atoms with van der Waals surface area (Å²) in [7, 11) is 0. The first-order valence-corrected chi connectivity index (χ1v) is 5.83. The molecule has 2 rings (SSSR count). The summed E-state index contributed by atoms with van der Waals surface area (Å²) in [6.07, 6.45) is 3.00. The highest BCUT2D eigenvalue weighted by molar-refractivity contribution is 5.95. The summed E-state index contributed by atoms with van der Waals surface area (Å²) in [5, 5.41) is 13.0. The summed E-state index contributed by atoms with van der Waals surface area (Å²) in [5.74, 6) is -3.02. The van der Waals surface area contributed by atoms with E-state index in [0.717, 1.165) is 0 Å². The Labute approximate surface area is 117 Å². The van der Waals surface area contributed by atoms with Crippen LogP contribution in [-0.2, 0) is 0 Å². The van der Waals surface area contributed by atoms with E-state index in [1.165, 1.54) is 12.4 Å². The molecule has 0 aliphatic heterocycles. The van der Waals surface area contributed by atoms with Gasteiger partial charge in [-0.2, -0.15) is 4.39 Å². The Kier molecular flexibility index (Phi) is 3.92. The number of H-pyrrole nitrogens is 1. The molecule has 0 fully saturated rings. The second kappa shape index (κ2) is 5.65. The molecular weight excluding hydrogens is 286 g/mol. The molecule has 1 heterocycles. The lowest BCUT2D eigenvalue weighted by atomic mass is 10.1. The molecule has 9 heteroatoms. The number of nitro groups is 1. The fraction of sp³-hybridized carbons (Fsp3) is 0.167. The van der Waals surface area contributed by atoms with Crippen LogP contribution in [0.5, 0.6) is 0 Å². The largest absolute Gasteiger partial charge is 0.347 e. The van der Waals surface area contributed by atoms with E-state index in [4.69, 9.17) is 0 Å². The van der Waals surface area contributed by atoms with E-state index in [-0.39, 0.29) is 0 Å². The maximum atomic E-state index is 13.9. The minimum absolute atomic E-state index is 0.412. The lowest BCUT2D eigenvalue weighted by Gasteiger charge is -2.12. The topological polar surface area (TPSA) is 101 Å². The predicted octanol–water partition coefficient (Wildman–Crippen LogP) is 2.09. The third-order valence-corrected chi connectivity index (χ3v) is 2.74. The van der Waals surface area contributed by atoms with Gasteiger partial charge in [-0.05, 0) is 13.0 Å². The molecule has 0 radical (unpaired) electrons. The van der Waals surface area contributed by atoms with Crippen molar-refractivity contribution in [2.24, 2.45) is 0 Å². The van der Waals surface area contributed by atoms with Gasteiger partial charge in [-0.3, -0.25) is 14.9 Å². The van der Waals surface area contributed by atoms with Crippen molar-refractivity contribution in [3.05, 3.63) is 57.7 Å². The molecule has 0 saturated carbocycles. The molecule has 0 bridgehead atoms. The zero-order valence-corrected chi connectivity index (χ0v) is 10.8. The zero-order chi connectivity index (χ0) is 15.6. The minimum Gasteiger partial charge on any atom is -0.347 e. The number of hydrogen-bond acceptors (Lipinski definition) is 4. The Bertz CT molecular complexity index is 688. The Morgan fingerprint density at radius 3 is 2.76 bits per heavy atom. The molecule has 1 unspecified atom stereocenters. The highest BCUT2D eigenvalue weighted by Gasteiger charge is 2.25. The first-order valence-electron chi connectivity index (χ1n) is 5.83. The molecule has 0 aliphatic rings. The van der Waals surface area contributed by atoms with Crippen molar-refractivity contribution in [3.63, 3.8) is 0 Å². The highest BCUT2D eigenvalue weighted by Crippen LogP contribution is 2.23. The van der Waals surface area contributed by atoms with Crippen LogP contribution < -0.4 is 5.32 Å². The van der Waals surface area contributed by atoms with E-state index in [0.29, 0.717) is 18.0 Å². The predicted molar refractivity (Wildman–Crippen MR) is 67.5 cm³/mol. The molecule has 1 atom stereocenters. The third kappa shape index (κ3) is 3.02. The Balaban J connectivity index is 2.29. The number of nitrogens with zero attached hydrogens (tertiary/aromatic N) is 2. The van der Waals surface area contributed by atoms with Crippen LogP contribution in [0, 0.1) is 21.7 Å². The number of carbonyl (C=O) groups is 1. The van der Waals surface area contributed by atoms with Crippen LogP contribution in [0.1, 0.15) is 29.1 Å². The number of nitrogens with one attached hydrogen (secondary N) is 2. The van der Waals surface area contributed by atoms with Gasteiger partial charge in [0.1, 0.15) is 11.6 Å². The first kappa shape index (κ1) is 14.6. The number of amides is 1. The fourth-order valence-corrected chi connectivity index (χ4v) is 1.73. The normalized spacial score (nSPS) is 12.0. The van der Waals surface area contributed by atoms with Gasteiger partial charge in [0.05, 0.1) is 22.6 Å². The number of carbonyl (C=O) groups excluding carboxylic acids is 1. The molecule has 110 valence electrons. The lowest BCUT2D eigenvalue weighted by Crippen LogP contribution is -2.28. The smallest absolute Gasteiger partial charge is 0.308 e. The molecule has 0 aliphatic carbocycles. The molecule has 21 heavy (non-hydrogen) atoms. The quantitative estimate of drug-likeness (QED) is 0.666. The van der Waals surface area contributed by atoms with Crippen LogP contribution in [-0.4, -0.2) is 20.8 Å². The number of nitro benzene ring substituents is 1. The van der Waals surface area contributed by atoms with Crippen LogP contribution in [0.2, 0.25) is 0 Å². The number of halogens is 2. The summed E-state index contributed by atoms with van der Waals surface area (Å²) < 4.78 is 27.1. The van der Waals surface area contributed by atoms with Gasteiger partial charge >= 0.3 is 5.69 Å². The molecule has 1 aromatic carbocycles. The molecular formula is C12H10F2N4O3. The molecule has 2 N–H and O–H groups in total. The van der Waals surface area contributed by atoms with E-state index in [1.54, 1.807) is 6.92 Å². The SMILES string of the molecule is CC(NC(=O)c1cc(F)cc([N+](=O)[O-])c1F)c1ncc[nH]1. The van der Waals surface area contributed by atoms with Crippen LogP contribution in [0.25, 0.3) is 0 Å². The van der Waals surface area contributed by atoms with Crippen LogP contribution in [0.4, 0.5) is 14.5 Å². The van der Waals surface area contributed by atoms with Gasteiger partial charge in [0, 0.05) is 12.4 Å². The van der Waals surface area contributed by atoms with Gasteiger partial charge in [0.25, 0.3) is 5.91 Å². The monoisotopic (exact) mass is 296 g/mol. The summed E-state index contributed by atoms with van der Waals surface area (Å²) in [6, 6.07) is 0.420. The second-order valence-electron chi connectivity index (χ2n) is 4.21. The van der Waals surface area contributed by atoms with E-state index in [2.05, 4.69) is 15.3 Å². The maximum Gasteiger partial charge on any atom is 0.308 e. The van der Waals surface area contributed by atoms with Gasteiger partial charge in [0.2, 0.25) is 5.82 Å². The van der Waals surface area contributed by atoms with E-state index in [1.807, 2.05) is 0 Å². The zero-order valence-electron chi connectivity index (χ0n) is 10.8. The Morgan fingerprint density at radius 2 is 2.19 bits per heavy atom. The lowest BCUT2D eigenvalue weighted by molar-refractivity contribution is -0.387. The first-order chi connectivity index (χ1) is 9.90. The summed E-state index contributed by atoms with van der Waals surface area (Å²) in [6.45, 7) is 1.57. The van der Waals surface area contributed by atoms with Crippen molar-refractivity contribution >= 4 is 11.6 Å². The van der Waals surface area contributed by atoms with Crippen LogP contribution >= 0.6 is 0 Å². The number of rotatable bonds is 4. The average Bonchev–Trinajstić information content (AvgIpc) is 2.94. The Morgan fingerprint density at radius 1 is 1.48 bits per heavy atom. The number of aromatic nitrogens is 2. The molecule has 1 aromatic heterocycles. The number of benzene rings is 1. The highest BCUT2D eigenvalue weighted by atomic mass is 19.1. The second-order valence-corrected chi connectivity index (χ2v) is 4.21. The molecule has 0 spiro atoms. The van der Waals surface area contributed by atoms with Gasteiger partial charge in [-0.1, -0.05) is 0 Å². The summed E-state index contributed by atoms with van der Waals surface area (Å²) in [5.41, 5.74) is -1.83. The van der Waals surface area contributed by atoms with Crippen molar-refractivity contribution in [1.29, 1.82) is 0 Å². The van der Waals surface area contributed by atoms with Crippen molar-refractivity contribution in [3.8, 4) is 0 Å². The fourth-order valence-electron chi connectivity index (χ4n) is 1.73.